The molecule has 5 heteroatoms. The zero-order valence-electron chi connectivity index (χ0n) is 6.25. The summed E-state index contributed by atoms with van der Waals surface area (Å²) >= 11 is 5.81. The van der Waals surface area contributed by atoms with Crippen molar-refractivity contribution in [1.82, 2.24) is 15.0 Å². The van der Waals surface area contributed by atoms with Gasteiger partial charge in [0.15, 0.2) is 5.82 Å². The van der Waals surface area contributed by atoms with Crippen LogP contribution < -0.4 is 0 Å². The van der Waals surface area contributed by atoms with Crippen molar-refractivity contribution in [2.24, 2.45) is 7.05 Å². The van der Waals surface area contributed by atoms with Crippen LogP contribution in [0.15, 0.2) is 12.1 Å². The lowest BCUT2D eigenvalue weighted by Gasteiger charge is -1.95. The molecule has 1 heterocycles. The average molecular weight is 186 g/mol. The van der Waals surface area contributed by atoms with Crippen LogP contribution in [0, 0.1) is 5.82 Å². The molecule has 0 aliphatic heterocycles. The van der Waals surface area contributed by atoms with Gasteiger partial charge in [0.25, 0.3) is 0 Å². The SMILES string of the molecule is Cn1nnc2c(F)ccc(Cl)c21. The van der Waals surface area contributed by atoms with Crippen LogP contribution in [0.5, 0.6) is 0 Å². The summed E-state index contributed by atoms with van der Waals surface area (Å²) in [7, 11) is 1.67. The van der Waals surface area contributed by atoms with Crippen LogP contribution in [-0.4, -0.2) is 15.0 Å². The molecule has 1 aromatic carbocycles. The van der Waals surface area contributed by atoms with Gasteiger partial charge in [-0.25, -0.2) is 9.07 Å². The molecule has 62 valence electrons. The number of nitrogens with zero attached hydrogens (tertiary/aromatic N) is 3. The Labute approximate surface area is 72.7 Å². The molecule has 0 bridgehead atoms. The van der Waals surface area contributed by atoms with E-state index >= 15 is 0 Å². The highest BCUT2D eigenvalue weighted by molar-refractivity contribution is 6.34. The van der Waals surface area contributed by atoms with Gasteiger partial charge in [-0.3, -0.25) is 0 Å². The fraction of sp³-hybridized carbons (Fsp3) is 0.143. The van der Waals surface area contributed by atoms with Crippen molar-refractivity contribution in [3.63, 3.8) is 0 Å². The first kappa shape index (κ1) is 7.49. The molecule has 0 aliphatic rings. The molecule has 0 saturated heterocycles. The number of rotatable bonds is 0. The first-order valence-corrected chi connectivity index (χ1v) is 3.71. The summed E-state index contributed by atoms with van der Waals surface area (Å²) in [5.74, 6) is -0.400. The molecule has 0 unspecified atom stereocenters. The highest BCUT2D eigenvalue weighted by Gasteiger charge is 2.09. The number of halogens is 2. The molecule has 3 nitrogen and oxygen atoms in total. The highest BCUT2D eigenvalue weighted by atomic mass is 35.5. The van der Waals surface area contributed by atoms with E-state index in [0.29, 0.717) is 10.5 Å². The topological polar surface area (TPSA) is 30.7 Å². The zero-order chi connectivity index (χ0) is 8.72. The van der Waals surface area contributed by atoms with Gasteiger partial charge in [0.2, 0.25) is 0 Å². The molecule has 1 aromatic heterocycles. The van der Waals surface area contributed by atoms with E-state index in [4.69, 9.17) is 11.6 Å². The van der Waals surface area contributed by atoms with Gasteiger partial charge in [0.05, 0.1) is 5.02 Å². The van der Waals surface area contributed by atoms with Crippen molar-refractivity contribution in [2.45, 2.75) is 0 Å². The summed E-state index contributed by atoms with van der Waals surface area (Å²) in [4.78, 5) is 0. The molecule has 0 fully saturated rings. The predicted octanol–water partition coefficient (Wildman–Crippen LogP) is 1.76. The number of fused-ring (bicyclic) bond motifs is 1. The molecule has 0 aliphatic carbocycles. The first-order chi connectivity index (χ1) is 5.70. The van der Waals surface area contributed by atoms with E-state index < -0.39 is 5.82 Å². The smallest absolute Gasteiger partial charge is 0.153 e. The van der Waals surface area contributed by atoms with Crippen molar-refractivity contribution >= 4 is 22.6 Å². The number of aryl methyl sites for hydroxylation is 1. The van der Waals surface area contributed by atoms with Gasteiger partial charge in [-0.2, -0.15) is 0 Å². The Morgan fingerprint density at radius 3 is 2.92 bits per heavy atom. The standard InChI is InChI=1S/C7H5ClFN3/c1-12-7-4(8)2-3-5(9)6(7)10-11-12/h2-3H,1H3. The maximum atomic E-state index is 13.0. The quantitative estimate of drug-likeness (QED) is 0.626. The van der Waals surface area contributed by atoms with Gasteiger partial charge in [0, 0.05) is 7.05 Å². The molecule has 2 rings (SSSR count). The van der Waals surface area contributed by atoms with E-state index in [1.807, 2.05) is 0 Å². The molecule has 0 radical (unpaired) electrons. The average Bonchev–Trinajstić information content (AvgIpc) is 2.42. The number of aromatic nitrogens is 3. The van der Waals surface area contributed by atoms with E-state index in [1.54, 1.807) is 7.05 Å². The van der Waals surface area contributed by atoms with Crippen molar-refractivity contribution < 1.29 is 4.39 Å². The second kappa shape index (κ2) is 2.42. The Morgan fingerprint density at radius 2 is 2.25 bits per heavy atom. The fourth-order valence-corrected chi connectivity index (χ4v) is 1.36. The molecular formula is C7H5ClFN3. The monoisotopic (exact) mass is 185 g/mol. The van der Waals surface area contributed by atoms with E-state index in [9.17, 15) is 4.39 Å². The van der Waals surface area contributed by atoms with Gasteiger partial charge in [-0.1, -0.05) is 16.8 Å². The second-order valence-corrected chi connectivity index (χ2v) is 2.85. The van der Waals surface area contributed by atoms with Gasteiger partial charge in [-0.05, 0) is 12.1 Å². The maximum Gasteiger partial charge on any atom is 0.153 e. The Kier molecular flexibility index (Phi) is 1.51. The van der Waals surface area contributed by atoms with Crippen LogP contribution in [-0.2, 0) is 7.05 Å². The largest absolute Gasteiger partial charge is 0.246 e. The predicted molar refractivity (Wildman–Crippen MR) is 43.5 cm³/mol. The minimum atomic E-state index is -0.400. The van der Waals surface area contributed by atoms with Crippen molar-refractivity contribution in [1.29, 1.82) is 0 Å². The summed E-state index contributed by atoms with van der Waals surface area (Å²) in [6.07, 6.45) is 0. The van der Waals surface area contributed by atoms with E-state index in [0.717, 1.165) is 0 Å². The van der Waals surface area contributed by atoms with Crippen molar-refractivity contribution in [2.75, 3.05) is 0 Å². The number of benzene rings is 1. The second-order valence-electron chi connectivity index (χ2n) is 2.44. The lowest BCUT2D eigenvalue weighted by Crippen LogP contribution is -1.90. The third kappa shape index (κ3) is 0.881. The van der Waals surface area contributed by atoms with Crippen LogP contribution in [0.3, 0.4) is 0 Å². The lowest BCUT2D eigenvalue weighted by atomic mass is 10.3. The van der Waals surface area contributed by atoms with Crippen LogP contribution in [0.25, 0.3) is 11.0 Å². The third-order valence-corrected chi connectivity index (χ3v) is 1.96. The Balaban J connectivity index is 2.98. The van der Waals surface area contributed by atoms with Gasteiger partial charge in [0.1, 0.15) is 11.0 Å². The third-order valence-electron chi connectivity index (χ3n) is 1.66. The Morgan fingerprint density at radius 1 is 1.50 bits per heavy atom. The molecule has 2 aromatic rings. The van der Waals surface area contributed by atoms with Crippen LogP contribution in [0.2, 0.25) is 5.02 Å². The minimum absolute atomic E-state index is 0.213. The van der Waals surface area contributed by atoms with Gasteiger partial charge >= 0.3 is 0 Å². The van der Waals surface area contributed by atoms with Crippen LogP contribution in [0.4, 0.5) is 4.39 Å². The molecule has 0 atom stereocenters. The fourth-order valence-electron chi connectivity index (χ4n) is 1.09. The molecule has 0 N–H and O–H groups in total. The maximum absolute atomic E-state index is 13.0. The van der Waals surface area contributed by atoms with Crippen LogP contribution in [0.1, 0.15) is 0 Å². The van der Waals surface area contributed by atoms with E-state index in [-0.39, 0.29) is 5.52 Å². The molecule has 0 saturated carbocycles. The minimum Gasteiger partial charge on any atom is -0.246 e. The van der Waals surface area contributed by atoms with E-state index in [2.05, 4.69) is 10.3 Å². The number of hydrogen-bond acceptors (Lipinski definition) is 2. The lowest BCUT2D eigenvalue weighted by molar-refractivity contribution is 0.636. The summed E-state index contributed by atoms with van der Waals surface area (Å²) in [6.45, 7) is 0. The summed E-state index contributed by atoms with van der Waals surface area (Å²) in [5.41, 5.74) is 0.738. The van der Waals surface area contributed by atoms with E-state index in [1.165, 1.54) is 16.8 Å². The molecule has 0 amide bonds. The van der Waals surface area contributed by atoms with Gasteiger partial charge in [-0.15, -0.1) is 5.10 Å². The molecular weight excluding hydrogens is 181 g/mol. The zero-order valence-corrected chi connectivity index (χ0v) is 7.01. The van der Waals surface area contributed by atoms with Crippen molar-refractivity contribution in [3.05, 3.63) is 23.0 Å². The molecule has 0 spiro atoms. The summed E-state index contributed by atoms with van der Waals surface area (Å²) in [5, 5.41) is 7.75. The normalized spacial score (nSPS) is 10.9. The highest BCUT2D eigenvalue weighted by Crippen LogP contribution is 2.22. The Bertz CT molecular complexity index is 437. The Hall–Kier alpha value is -1.16. The molecule has 12 heavy (non-hydrogen) atoms. The van der Waals surface area contributed by atoms with Crippen LogP contribution >= 0.6 is 11.6 Å². The first-order valence-electron chi connectivity index (χ1n) is 3.33. The summed E-state index contributed by atoms with van der Waals surface area (Å²) < 4.78 is 14.5. The van der Waals surface area contributed by atoms with Gasteiger partial charge < -0.3 is 0 Å². The van der Waals surface area contributed by atoms with Crippen molar-refractivity contribution in [3.8, 4) is 0 Å². The summed E-state index contributed by atoms with van der Waals surface area (Å²) in [6, 6.07) is 2.77. The number of hydrogen-bond donors (Lipinski definition) is 0.